The largest absolute Gasteiger partial charge is 0.394 e. The second-order valence-corrected chi connectivity index (χ2v) is 5.68. The van der Waals surface area contributed by atoms with Crippen molar-refractivity contribution in [2.75, 3.05) is 26.7 Å². The lowest BCUT2D eigenvalue weighted by molar-refractivity contribution is -0.127. The highest BCUT2D eigenvalue weighted by atomic mass is 16.3. The van der Waals surface area contributed by atoms with Gasteiger partial charge in [0.1, 0.15) is 0 Å². The molecule has 1 aromatic rings. The lowest BCUT2D eigenvalue weighted by atomic mass is 9.96. The molecular weight excluding hydrogens is 252 g/mol. The molecule has 0 spiro atoms. The fourth-order valence-corrected chi connectivity index (χ4v) is 2.76. The summed E-state index contributed by atoms with van der Waals surface area (Å²) >= 11 is 0. The first-order valence-corrected chi connectivity index (χ1v) is 7.32. The van der Waals surface area contributed by atoms with Crippen LogP contribution in [0, 0.1) is 5.92 Å². The molecule has 0 radical (unpaired) electrons. The van der Waals surface area contributed by atoms with E-state index in [-0.39, 0.29) is 24.5 Å². The van der Waals surface area contributed by atoms with Gasteiger partial charge >= 0.3 is 0 Å². The predicted octanol–water partition coefficient (Wildman–Crippen LogP) is 1.05. The van der Waals surface area contributed by atoms with Crippen molar-refractivity contribution >= 4 is 5.91 Å². The summed E-state index contributed by atoms with van der Waals surface area (Å²) in [6.45, 7) is 1.86. The van der Waals surface area contributed by atoms with Gasteiger partial charge in [0.2, 0.25) is 5.91 Å². The Hall–Kier alpha value is -1.39. The number of likely N-dealkylation sites (tertiary alicyclic amines) is 1. The molecule has 1 aliphatic heterocycles. The zero-order valence-electron chi connectivity index (χ0n) is 12.1. The summed E-state index contributed by atoms with van der Waals surface area (Å²) in [6.07, 6.45) is 2.68. The van der Waals surface area contributed by atoms with E-state index >= 15 is 0 Å². The van der Waals surface area contributed by atoms with Gasteiger partial charge < -0.3 is 15.3 Å². The molecule has 110 valence electrons. The third-order valence-corrected chi connectivity index (χ3v) is 3.89. The van der Waals surface area contributed by atoms with Gasteiger partial charge in [-0.1, -0.05) is 30.3 Å². The SMILES string of the molecule is CN1CCCC(C(=O)NC(CO)Cc2ccccc2)C1. The third-order valence-electron chi connectivity index (χ3n) is 3.89. The van der Waals surface area contributed by atoms with Crippen LogP contribution in [-0.2, 0) is 11.2 Å². The van der Waals surface area contributed by atoms with Crippen molar-refractivity contribution in [1.82, 2.24) is 10.2 Å². The van der Waals surface area contributed by atoms with E-state index in [0.717, 1.165) is 31.5 Å². The summed E-state index contributed by atoms with van der Waals surface area (Å²) in [5.74, 6) is 0.130. The molecule has 20 heavy (non-hydrogen) atoms. The zero-order chi connectivity index (χ0) is 14.4. The highest BCUT2D eigenvalue weighted by Gasteiger charge is 2.25. The number of carbonyl (C=O) groups is 1. The van der Waals surface area contributed by atoms with Gasteiger partial charge in [-0.25, -0.2) is 0 Å². The van der Waals surface area contributed by atoms with Crippen LogP contribution in [0.5, 0.6) is 0 Å². The van der Waals surface area contributed by atoms with Gasteiger partial charge in [0.25, 0.3) is 0 Å². The molecule has 4 heteroatoms. The van der Waals surface area contributed by atoms with Gasteiger partial charge in [-0.3, -0.25) is 4.79 Å². The first-order valence-electron chi connectivity index (χ1n) is 7.32. The van der Waals surface area contributed by atoms with Gasteiger partial charge in [0.05, 0.1) is 18.6 Å². The Balaban J connectivity index is 1.87. The Morgan fingerprint density at radius 2 is 2.20 bits per heavy atom. The second-order valence-electron chi connectivity index (χ2n) is 5.68. The molecule has 0 bridgehead atoms. The normalized spacial score (nSPS) is 21.4. The molecule has 2 rings (SSSR count). The van der Waals surface area contributed by atoms with Crippen molar-refractivity contribution in [3.63, 3.8) is 0 Å². The summed E-state index contributed by atoms with van der Waals surface area (Å²) in [4.78, 5) is 14.4. The van der Waals surface area contributed by atoms with E-state index < -0.39 is 0 Å². The molecule has 2 atom stereocenters. The molecule has 1 amide bonds. The van der Waals surface area contributed by atoms with E-state index in [2.05, 4.69) is 10.2 Å². The summed E-state index contributed by atoms with van der Waals surface area (Å²) in [6, 6.07) is 9.75. The number of piperidine rings is 1. The van der Waals surface area contributed by atoms with Gasteiger partial charge in [-0.05, 0) is 38.4 Å². The second kappa shape index (κ2) is 7.41. The standard InChI is InChI=1S/C16H24N2O2/c1-18-9-5-8-14(11-18)16(20)17-15(12-19)10-13-6-3-2-4-7-13/h2-4,6-7,14-15,19H,5,8-12H2,1H3,(H,17,20). The van der Waals surface area contributed by atoms with E-state index in [4.69, 9.17) is 0 Å². The van der Waals surface area contributed by atoms with Gasteiger partial charge in [-0.15, -0.1) is 0 Å². The molecule has 2 N–H and O–H groups in total. The fraction of sp³-hybridized carbons (Fsp3) is 0.562. The number of aliphatic hydroxyl groups is 1. The van der Waals surface area contributed by atoms with Crippen LogP contribution in [0.15, 0.2) is 30.3 Å². The first kappa shape index (κ1) is 15.0. The first-order chi connectivity index (χ1) is 9.69. The third kappa shape index (κ3) is 4.32. The van der Waals surface area contributed by atoms with Crippen LogP contribution >= 0.6 is 0 Å². The highest BCUT2D eigenvalue weighted by Crippen LogP contribution is 2.15. The lowest BCUT2D eigenvalue weighted by Gasteiger charge is -2.30. The van der Waals surface area contributed by atoms with Crippen molar-refractivity contribution in [2.24, 2.45) is 5.92 Å². The molecule has 1 aromatic carbocycles. The van der Waals surface area contributed by atoms with Gasteiger partial charge in [-0.2, -0.15) is 0 Å². The maximum absolute atomic E-state index is 12.3. The molecule has 2 unspecified atom stereocenters. The van der Waals surface area contributed by atoms with Crippen molar-refractivity contribution in [2.45, 2.75) is 25.3 Å². The zero-order valence-corrected chi connectivity index (χ0v) is 12.1. The fourth-order valence-electron chi connectivity index (χ4n) is 2.76. The number of nitrogens with one attached hydrogen (secondary N) is 1. The number of rotatable bonds is 5. The summed E-state index contributed by atoms with van der Waals surface area (Å²) in [5, 5.41) is 12.5. The van der Waals surface area contributed by atoms with Crippen LogP contribution in [0.25, 0.3) is 0 Å². The van der Waals surface area contributed by atoms with Crippen LogP contribution in [-0.4, -0.2) is 48.7 Å². The molecule has 1 fully saturated rings. The maximum atomic E-state index is 12.3. The molecular formula is C16H24N2O2. The molecule has 0 aromatic heterocycles. The van der Waals surface area contributed by atoms with E-state index in [1.807, 2.05) is 37.4 Å². The lowest BCUT2D eigenvalue weighted by Crippen LogP contribution is -2.46. The Morgan fingerprint density at radius 3 is 2.85 bits per heavy atom. The molecule has 1 heterocycles. The Bertz CT molecular complexity index is 422. The van der Waals surface area contributed by atoms with Crippen molar-refractivity contribution < 1.29 is 9.90 Å². The van der Waals surface area contributed by atoms with E-state index in [1.165, 1.54) is 0 Å². The molecule has 4 nitrogen and oxygen atoms in total. The minimum atomic E-state index is -0.197. The van der Waals surface area contributed by atoms with Gasteiger partial charge in [0, 0.05) is 6.54 Å². The number of carbonyl (C=O) groups excluding carboxylic acids is 1. The smallest absolute Gasteiger partial charge is 0.224 e. The molecule has 1 aliphatic rings. The van der Waals surface area contributed by atoms with E-state index in [9.17, 15) is 9.90 Å². The van der Waals surface area contributed by atoms with Crippen LogP contribution in [0.4, 0.5) is 0 Å². The van der Waals surface area contributed by atoms with Gasteiger partial charge in [0.15, 0.2) is 0 Å². The number of benzene rings is 1. The minimum absolute atomic E-state index is 0.0246. The average molecular weight is 276 g/mol. The number of nitrogens with zero attached hydrogens (tertiary/aromatic N) is 1. The number of amides is 1. The quantitative estimate of drug-likeness (QED) is 0.845. The summed E-state index contributed by atoms with van der Waals surface area (Å²) in [5.41, 5.74) is 1.13. The monoisotopic (exact) mass is 276 g/mol. The summed E-state index contributed by atoms with van der Waals surface area (Å²) < 4.78 is 0. The Labute approximate surface area is 120 Å². The van der Waals surface area contributed by atoms with Crippen LogP contribution in [0.3, 0.4) is 0 Å². The van der Waals surface area contributed by atoms with Crippen molar-refractivity contribution in [3.05, 3.63) is 35.9 Å². The summed E-state index contributed by atoms with van der Waals surface area (Å²) in [7, 11) is 2.05. The van der Waals surface area contributed by atoms with Crippen LogP contribution < -0.4 is 5.32 Å². The minimum Gasteiger partial charge on any atom is -0.394 e. The molecule has 0 saturated carbocycles. The van der Waals surface area contributed by atoms with Crippen LogP contribution in [0.2, 0.25) is 0 Å². The van der Waals surface area contributed by atoms with Crippen molar-refractivity contribution in [3.8, 4) is 0 Å². The number of hydrogen-bond acceptors (Lipinski definition) is 3. The highest BCUT2D eigenvalue weighted by molar-refractivity contribution is 5.79. The van der Waals surface area contributed by atoms with Crippen LogP contribution in [0.1, 0.15) is 18.4 Å². The number of hydrogen-bond donors (Lipinski definition) is 2. The average Bonchev–Trinajstić information content (AvgIpc) is 2.47. The van der Waals surface area contributed by atoms with E-state index in [0.29, 0.717) is 6.42 Å². The topological polar surface area (TPSA) is 52.6 Å². The molecule has 1 saturated heterocycles. The van der Waals surface area contributed by atoms with Crippen molar-refractivity contribution in [1.29, 1.82) is 0 Å². The molecule has 0 aliphatic carbocycles. The Morgan fingerprint density at radius 1 is 1.45 bits per heavy atom. The maximum Gasteiger partial charge on any atom is 0.224 e. The number of aliphatic hydroxyl groups excluding tert-OH is 1. The van der Waals surface area contributed by atoms with E-state index in [1.54, 1.807) is 0 Å². The predicted molar refractivity (Wildman–Crippen MR) is 79.4 cm³/mol. The Kier molecular flexibility index (Phi) is 5.56.